The SMILES string of the molecule is CC(C)c1ocnc1C(=O)Nc1ccc(C(=O)Nc2nccs2)cc1. The highest BCUT2D eigenvalue weighted by Gasteiger charge is 2.19. The summed E-state index contributed by atoms with van der Waals surface area (Å²) in [5, 5.41) is 7.77. The molecular formula is C17H16N4O3S. The van der Waals surface area contributed by atoms with E-state index in [1.807, 2.05) is 13.8 Å². The van der Waals surface area contributed by atoms with Crippen LogP contribution in [-0.2, 0) is 0 Å². The molecule has 0 radical (unpaired) electrons. The Morgan fingerprint density at radius 1 is 1.08 bits per heavy atom. The van der Waals surface area contributed by atoms with E-state index in [9.17, 15) is 9.59 Å². The van der Waals surface area contributed by atoms with Crippen molar-refractivity contribution in [1.29, 1.82) is 0 Å². The van der Waals surface area contributed by atoms with Crippen molar-refractivity contribution in [2.75, 3.05) is 10.6 Å². The Hall–Kier alpha value is -3.00. The zero-order valence-electron chi connectivity index (χ0n) is 13.6. The molecule has 0 bridgehead atoms. The number of hydrogen-bond donors (Lipinski definition) is 2. The number of thiazole rings is 1. The molecule has 0 aliphatic carbocycles. The number of carbonyl (C=O) groups is 2. The van der Waals surface area contributed by atoms with Crippen molar-refractivity contribution >= 4 is 34.0 Å². The highest BCUT2D eigenvalue weighted by molar-refractivity contribution is 7.13. The first kappa shape index (κ1) is 16.8. The fraction of sp³-hybridized carbons (Fsp3) is 0.176. The van der Waals surface area contributed by atoms with Crippen LogP contribution in [0.4, 0.5) is 10.8 Å². The second-order valence-corrected chi connectivity index (χ2v) is 6.44. The summed E-state index contributed by atoms with van der Waals surface area (Å²) in [7, 11) is 0. The maximum atomic E-state index is 12.3. The summed E-state index contributed by atoms with van der Waals surface area (Å²) in [6, 6.07) is 6.57. The minimum absolute atomic E-state index is 0.0557. The van der Waals surface area contributed by atoms with E-state index in [0.29, 0.717) is 22.1 Å². The van der Waals surface area contributed by atoms with Gasteiger partial charge in [0.25, 0.3) is 11.8 Å². The molecule has 25 heavy (non-hydrogen) atoms. The normalized spacial score (nSPS) is 10.7. The maximum absolute atomic E-state index is 12.3. The largest absolute Gasteiger partial charge is 0.447 e. The van der Waals surface area contributed by atoms with Crippen molar-refractivity contribution < 1.29 is 14.0 Å². The lowest BCUT2D eigenvalue weighted by molar-refractivity contribution is 0.101. The monoisotopic (exact) mass is 356 g/mol. The van der Waals surface area contributed by atoms with E-state index in [2.05, 4.69) is 20.6 Å². The number of oxazole rings is 1. The first-order chi connectivity index (χ1) is 12.0. The number of benzene rings is 1. The average Bonchev–Trinajstić information content (AvgIpc) is 3.26. The molecule has 0 saturated heterocycles. The number of aromatic nitrogens is 2. The first-order valence-corrected chi connectivity index (χ1v) is 8.48. The van der Waals surface area contributed by atoms with Gasteiger partial charge in [-0.2, -0.15) is 0 Å². The third kappa shape index (κ3) is 3.92. The fourth-order valence-electron chi connectivity index (χ4n) is 2.19. The number of carbonyl (C=O) groups excluding carboxylic acids is 2. The molecule has 2 N–H and O–H groups in total. The molecular weight excluding hydrogens is 340 g/mol. The zero-order valence-corrected chi connectivity index (χ0v) is 14.5. The summed E-state index contributed by atoms with van der Waals surface area (Å²) in [6.07, 6.45) is 2.88. The molecule has 0 saturated carbocycles. The number of anilines is 2. The Bertz CT molecular complexity index is 870. The number of nitrogens with one attached hydrogen (secondary N) is 2. The molecule has 128 valence electrons. The van der Waals surface area contributed by atoms with Crippen LogP contribution < -0.4 is 10.6 Å². The summed E-state index contributed by atoms with van der Waals surface area (Å²) >= 11 is 1.34. The molecule has 0 aliphatic rings. The van der Waals surface area contributed by atoms with E-state index in [4.69, 9.17) is 4.42 Å². The van der Waals surface area contributed by atoms with Gasteiger partial charge in [0.2, 0.25) is 0 Å². The molecule has 2 amide bonds. The molecule has 0 atom stereocenters. The van der Waals surface area contributed by atoms with Gasteiger partial charge in [-0.3, -0.25) is 14.9 Å². The highest BCUT2D eigenvalue weighted by Crippen LogP contribution is 2.20. The Balaban J connectivity index is 1.67. The molecule has 7 nitrogen and oxygen atoms in total. The molecule has 2 heterocycles. The lowest BCUT2D eigenvalue weighted by Gasteiger charge is -2.07. The summed E-state index contributed by atoms with van der Waals surface area (Å²) < 4.78 is 5.26. The molecule has 3 aromatic rings. The topological polar surface area (TPSA) is 97.1 Å². The molecule has 8 heteroatoms. The van der Waals surface area contributed by atoms with Crippen molar-refractivity contribution in [3.8, 4) is 0 Å². The van der Waals surface area contributed by atoms with Gasteiger partial charge in [0.05, 0.1) is 0 Å². The van der Waals surface area contributed by atoms with Crippen molar-refractivity contribution in [3.63, 3.8) is 0 Å². The van der Waals surface area contributed by atoms with Crippen LogP contribution in [-0.4, -0.2) is 21.8 Å². The van der Waals surface area contributed by atoms with Crippen LogP contribution in [0.1, 0.15) is 46.4 Å². The quantitative estimate of drug-likeness (QED) is 0.725. The highest BCUT2D eigenvalue weighted by atomic mass is 32.1. The predicted octanol–water partition coefficient (Wildman–Crippen LogP) is 3.76. The van der Waals surface area contributed by atoms with Crippen molar-refractivity contribution in [3.05, 3.63) is 59.3 Å². The van der Waals surface area contributed by atoms with E-state index < -0.39 is 0 Å². The molecule has 2 aromatic heterocycles. The Morgan fingerprint density at radius 2 is 1.84 bits per heavy atom. The van der Waals surface area contributed by atoms with E-state index in [-0.39, 0.29) is 23.4 Å². The van der Waals surface area contributed by atoms with Gasteiger partial charge in [-0.15, -0.1) is 11.3 Å². The summed E-state index contributed by atoms with van der Waals surface area (Å²) in [5.74, 6) is -0.0130. The molecule has 0 fully saturated rings. The standard InChI is InChI=1S/C17H16N4O3S/c1-10(2)14-13(19-9-24-14)16(23)20-12-5-3-11(4-6-12)15(22)21-17-18-7-8-25-17/h3-10H,1-2H3,(H,20,23)(H,18,21,22). The Labute approximate surface area is 148 Å². The van der Waals surface area contributed by atoms with Crippen molar-refractivity contribution in [1.82, 2.24) is 9.97 Å². The van der Waals surface area contributed by atoms with Gasteiger partial charge in [-0.25, -0.2) is 9.97 Å². The van der Waals surface area contributed by atoms with Crippen LogP contribution in [0, 0.1) is 0 Å². The third-order valence-corrected chi connectivity index (χ3v) is 4.08. The Kier molecular flexibility index (Phi) is 4.90. The fourth-order valence-corrected chi connectivity index (χ4v) is 2.71. The number of hydrogen-bond acceptors (Lipinski definition) is 6. The number of rotatable bonds is 5. The van der Waals surface area contributed by atoms with E-state index in [0.717, 1.165) is 0 Å². The second-order valence-electron chi connectivity index (χ2n) is 5.54. The smallest absolute Gasteiger partial charge is 0.277 e. The number of amides is 2. The van der Waals surface area contributed by atoms with Crippen LogP contribution in [0.15, 0.2) is 46.7 Å². The minimum Gasteiger partial charge on any atom is -0.447 e. The van der Waals surface area contributed by atoms with Gasteiger partial charge in [-0.1, -0.05) is 13.8 Å². The summed E-state index contributed by atoms with van der Waals surface area (Å²) in [5.41, 5.74) is 1.30. The van der Waals surface area contributed by atoms with Crippen molar-refractivity contribution in [2.45, 2.75) is 19.8 Å². The van der Waals surface area contributed by atoms with Gasteiger partial charge < -0.3 is 9.73 Å². The van der Waals surface area contributed by atoms with Crippen molar-refractivity contribution in [2.24, 2.45) is 0 Å². The van der Waals surface area contributed by atoms with Gasteiger partial charge in [-0.05, 0) is 24.3 Å². The van der Waals surface area contributed by atoms with Gasteiger partial charge in [0.1, 0.15) is 5.76 Å². The van der Waals surface area contributed by atoms with Crippen LogP contribution in [0.3, 0.4) is 0 Å². The van der Waals surface area contributed by atoms with Crippen LogP contribution >= 0.6 is 11.3 Å². The lowest BCUT2D eigenvalue weighted by atomic mass is 10.1. The lowest BCUT2D eigenvalue weighted by Crippen LogP contribution is -2.15. The van der Waals surface area contributed by atoms with Gasteiger partial charge >= 0.3 is 0 Å². The Morgan fingerprint density at radius 3 is 2.48 bits per heavy atom. The minimum atomic E-state index is -0.350. The maximum Gasteiger partial charge on any atom is 0.277 e. The predicted molar refractivity (Wildman–Crippen MR) is 95.1 cm³/mol. The van der Waals surface area contributed by atoms with E-state index in [1.54, 1.807) is 35.8 Å². The van der Waals surface area contributed by atoms with Crippen LogP contribution in [0.2, 0.25) is 0 Å². The van der Waals surface area contributed by atoms with Crippen LogP contribution in [0.25, 0.3) is 0 Å². The molecule has 1 aromatic carbocycles. The molecule has 0 spiro atoms. The number of nitrogens with zero attached hydrogens (tertiary/aromatic N) is 2. The van der Waals surface area contributed by atoms with E-state index >= 15 is 0 Å². The van der Waals surface area contributed by atoms with Gasteiger partial charge in [0.15, 0.2) is 17.2 Å². The van der Waals surface area contributed by atoms with E-state index in [1.165, 1.54) is 17.7 Å². The molecule has 3 rings (SSSR count). The van der Waals surface area contributed by atoms with Crippen LogP contribution in [0.5, 0.6) is 0 Å². The average molecular weight is 356 g/mol. The molecule has 0 unspecified atom stereocenters. The first-order valence-electron chi connectivity index (χ1n) is 7.60. The van der Waals surface area contributed by atoms with Gasteiger partial charge in [0, 0.05) is 28.7 Å². The summed E-state index contributed by atoms with van der Waals surface area (Å²) in [6.45, 7) is 3.85. The molecule has 0 aliphatic heterocycles. The third-order valence-electron chi connectivity index (χ3n) is 3.39. The second kappa shape index (κ2) is 7.27. The zero-order chi connectivity index (χ0) is 17.8. The summed E-state index contributed by atoms with van der Waals surface area (Å²) in [4.78, 5) is 32.4.